The first-order valence-electron chi connectivity index (χ1n) is 13.4. The highest BCUT2D eigenvalue weighted by molar-refractivity contribution is 5.97. The molecule has 3 heterocycles. The summed E-state index contributed by atoms with van der Waals surface area (Å²) in [6.45, 7) is 2.70. The van der Waals surface area contributed by atoms with Crippen LogP contribution in [0, 0.1) is 0 Å². The van der Waals surface area contributed by atoms with Gasteiger partial charge in [-0.3, -0.25) is 4.79 Å². The summed E-state index contributed by atoms with van der Waals surface area (Å²) in [4.78, 5) is 20.1. The van der Waals surface area contributed by atoms with E-state index in [1.807, 2.05) is 76.3 Å². The lowest BCUT2D eigenvalue weighted by Crippen LogP contribution is -2.41. The van der Waals surface area contributed by atoms with Gasteiger partial charge in [-0.1, -0.05) is 49.7 Å². The minimum atomic E-state index is -0.342. The number of nitrogens with one attached hydrogen (secondary N) is 1. The molecule has 1 aliphatic heterocycles. The number of amides is 1. The zero-order chi connectivity index (χ0) is 26.9. The van der Waals surface area contributed by atoms with E-state index in [0.29, 0.717) is 12.1 Å². The predicted octanol–water partition coefficient (Wildman–Crippen LogP) is 6.11. The normalized spacial score (nSPS) is 14.8. The second-order valence-corrected chi connectivity index (χ2v) is 9.82. The maximum absolute atomic E-state index is 14.4. The summed E-state index contributed by atoms with van der Waals surface area (Å²) >= 11 is 0. The molecule has 198 valence electrons. The Hall–Kier alpha value is -4.52. The van der Waals surface area contributed by atoms with Crippen LogP contribution in [-0.2, 0) is 12.8 Å². The Bertz CT molecular complexity index is 1640. The Morgan fingerprint density at radius 1 is 1.03 bits per heavy atom. The maximum atomic E-state index is 14.4. The Morgan fingerprint density at radius 2 is 1.82 bits per heavy atom. The molecule has 7 heteroatoms. The van der Waals surface area contributed by atoms with E-state index in [1.165, 1.54) is 5.56 Å². The van der Waals surface area contributed by atoms with Gasteiger partial charge in [0, 0.05) is 28.7 Å². The maximum Gasteiger partial charge on any atom is 0.258 e. The van der Waals surface area contributed by atoms with Crippen molar-refractivity contribution in [3.63, 3.8) is 0 Å². The molecule has 0 saturated heterocycles. The van der Waals surface area contributed by atoms with Crippen LogP contribution in [0.5, 0.6) is 11.5 Å². The minimum absolute atomic E-state index is 0.0292. The SMILES string of the molecule is CCCc1c(C(=O)N2CCc3c([nH]c4ccc(OC)cc34)[C@H]2c2ccccc2OC)cnn1-c1ccccc1. The van der Waals surface area contributed by atoms with Crippen LogP contribution in [0.1, 0.15) is 52.3 Å². The smallest absolute Gasteiger partial charge is 0.258 e. The van der Waals surface area contributed by atoms with Crippen molar-refractivity contribution in [3.8, 4) is 17.2 Å². The fourth-order valence-corrected chi connectivity index (χ4v) is 5.81. The number of hydrogen-bond donors (Lipinski definition) is 1. The molecule has 3 aromatic carbocycles. The molecule has 0 bridgehead atoms. The molecule has 0 unspecified atom stereocenters. The lowest BCUT2D eigenvalue weighted by atomic mass is 9.91. The van der Waals surface area contributed by atoms with Crippen molar-refractivity contribution >= 4 is 16.8 Å². The van der Waals surface area contributed by atoms with Crippen LogP contribution in [-0.4, -0.2) is 46.3 Å². The van der Waals surface area contributed by atoms with E-state index in [1.54, 1.807) is 20.4 Å². The van der Waals surface area contributed by atoms with Gasteiger partial charge in [0.25, 0.3) is 5.91 Å². The monoisotopic (exact) mass is 520 g/mol. The summed E-state index contributed by atoms with van der Waals surface area (Å²) < 4.78 is 13.2. The fourth-order valence-electron chi connectivity index (χ4n) is 5.81. The first-order valence-corrected chi connectivity index (χ1v) is 13.4. The highest BCUT2D eigenvalue weighted by Crippen LogP contribution is 2.42. The molecule has 1 N–H and O–H groups in total. The molecule has 1 amide bonds. The van der Waals surface area contributed by atoms with E-state index in [0.717, 1.165) is 64.3 Å². The number of aromatic nitrogens is 3. The number of methoxy groups -OCH3 is 2. The number of aromatic amines is 1. The van der Waals surface area contributed by atoms with Crippen molar-refractivity contribution < 1.29 is 14.3 Å². The van der Waals surface area contributed by atoms with Crippen molar-refractivity contribution in [2.45, 2.75) is 32.2 Å². The van der Waals surface area contributed by atoms with Crippen molar-refractivity contribution in [1.29, 1.82) is 0 Å². The number of hydrogen-bond acceptors (Lipinski definition) is 4. The third kappa shape index (κ3) is 4.24. The van der Waals surface area contributed by atoms with Gasteiger partial charge in [0.05, 0.1) is 37.4 Å². The highest BCUT2D eigenvalue weighted by Gasteiger charge is 2.37. The van der Waals surface area contributed by atoms with E-state index in [-0.39, 0.29) is 11.9 Å². The molecule has 39 heavy (non-hydrogen) atoms. The highest BCUT2D eigenvalue weighted by atomic mass is 16.5. The van der Waals surface area contributed by atoms with Crippen LogP contribution in [0.2, 0.25) is 0 Å². The molecule has 0 saturated carbocycles. The summed E-state index contributed by atoms with van der Waals surface area (Å²) in [5, 5.41) is 5.80. The zero-order valence-corrected chi connectivity index (χ0v) is 22.5. The largest absolute Gasteiger partial charge is 0.497 e. The third-order valence-electron chi connectivity index (χ3n) is 7.62. The Labute approximate surface area is 228 Å². The molecule has 5 aromatic rings. The average Bonchev–Trinajstić information content (AvgIpc) is 3.58. The van der Waals surface area contributed by atoms with Gasteiger partial charge in [-0.2, -0.15) is 5.10 Å². The van der Waals surface area contributed by atoms with E-state index < -0.39 is 0 Å². The molecule has 2 aromatic heterocycles. The molecule has 0 radical (unpaired) electrons. The van der Waals surface area contributed by atoms with Crippen LogP contribution >= 0.6 is 0 Å². The van der Waals surface area contributed by atoms with E-state index in [4.69, 9.17) is 9.47 Å². The Balaban J connectivity index is 1.50. The average molecular weight is 521 g/mol. The number of carbonyl (C=O) groups excluding carboxylic acids is 1. The quantitative estimate of drug-likeness (QED) is 0.281. The van der Waals surface area contributed by atoms with Gasteiger partial charge in [-0.25, -0.2) is 4.68 Å². The van der Waals surface area contributed by atoms with Crippen molar-refractivity contribution in [1.82, 2.24) is 19.7 Å². The van der Waals surface area contributed by atoms with E-state index in [9.17, 15) is 4.79 Å². The third-order valence-corrected chi connectivity index (χ3v) is 7.62. The van der Waals surface area contributed by atoms with Crippen LogP contribution in [0.4, 0.5) is 0 Å². The molecule has 6 rings (SSSR count). The standard InChI is InChI=1S/C32H32N4O3/c1-4-10-28-26(20-33-36(28)21-11-6-5-7-12-21)32(37)35-18-17-23-25-19-22(38-2)15-16-27(25)34-30(23)31(35)24-13-8-9-14-29(24)39-3/h5-9,11-16,19-20,31,34H,4,10,17-18H2,1-3H3/t31-/m1/s1. The van der Waals surface area contributed by atoms with Crippen LogP contribution in [0.3, 0.4) is 0 Å². The van der Waals surface area contributed by atoms with Crippen molar-refractivity contribution in [2.75, 3.05) is 20.8 Å². The van der Waals surface area contributed by atoms with E-state index >= 15 is 0 Å². The Morgan fingerprint density at radius 3 is 2.59 bits per heavy atom. The van der Waals surface area contributed by atoms with Crippen LogP contribution in [0.25, 0.3) is 16.6 Å². The number of fused-ring (bicyclic) bond motifs is 3. The second-order valence-electron chi connectivity index (χ2n) is 9.82. The number of benzene rings is 3. The fraction of sp³-hybridized carbons (Fsp3) is 0.250. The second kappa shape index (κ2) is 10.3. The van der Waals surface area contributed by atoms with Crippen LogP contribution < -0.4 is 9.47 Å². The summed E-state index contributed by atoms with van der Waals surface area (Å²) in [5.74, 6) is 1.53. The number of ether oxygens (including phenoxy) is 2. The van der Waals surface area contributed by atoms with Gasteiger partial charge in [-0.05, 0) is 54.8 Å². The first-order chi connectivity index (χ1) is 19.1. The van der Waals surface area contributed by atoms with Gasteiger partial charge in [-0.15, -0.1) is 0 Å². The molecular formula is C32H32N4O3. The molecule has 0 spiro atoms. The number of nitrogens with zero attached hydrogens (tertiary/aromatic N) is 3. The lowest BCUT2D eigenvalue weighted by Gasteiger charge is -2.37. The van der Waals surface area contributed by atoms with Gasteiger partial charge < -0.3 is 19.4 Å². The molecule has 1 aliphatic rings. The minimum Gasteiger partial charge on any atom is -0.497 e. The molecular weight excluding hydrogens is 488 g/mol. The van der Waals surface area contributed by atoms with E-state index in [2.05, 4.69) is 23.1 Å². The van der Waals surface area contributed by atoms with Gasteiger partial charge in [0.1, 0.15) is 17.5 Å². The Kier molecular flexibility index (Phi) is 6.57. The van der Waals surface area contributed by atoms with Gasteiger partial charge >= 0.3 is 0 Å². The van der Waals surface area contributed by atoms with Gasteiger partial charge in [0.15, 0.2) is 0 Å². The molecule has 7 nitrogen and oxygen atoms in total. The number of carbonyl (C=O) groups is 1. The number of H-pyrrole nitrogens is 1. The topological polar surface area (TPSA) is 72.4 Å². The number of para-hydroxylation sites is 2. The lowest BCUT2D eigenvalue weighted by molar-refractivity contribution is 0.0689. The summed E-state index contributed by atoms with van der Waals surface area (Å²) in [7, 11) is 3.36. The molecule has 0 aliphatic carbocycles. The first kappa shape index (κ1) is 24.8. The summed E-state index contributed by atoms with van der Waals surface area (Å²) in [5.41, 5.74) is 6.71. The summed E-state index contributed by atoms with van der Waals surface area (Å²) in [6, 6.07) is 23.7. The van der Waals surface area contributed by atoms with Gasteiger partial charge in [0.2, 0.25) is 0 Å². The number of rotatable bonds is 7. The van der Waals surface area contributed by atoms with Crippen molar-refractivity contribution in [3.05, 3.63) is 107 Å². The molecule has 0 fully saturated rings. The zero-order valence-electron chi connectivity index (χ0n) is 22.5. The van der Waals surface area contributed by atoms with Crippen LogP contribution in [0.15, 0.2) is 79.0 Å². The predicted molar refractivity (Wildman–Crippen MR) is 152 cm³/mol. The van der Waals surface area contributed by atoms with Crippen molar-refractivity contribution in [2.24, 2.45) is 0 Å². The summed E-state index contributed by atoms with van der Waals surface area (Å²) in [6.07, 6.45) is 4.12. The molecule has 1 atom stereocenters.